The second-order valence-corrected chi connectivity index (χ2v) is 5.31. The lowest BCUT2D eigenvalue weighted by molar-refractivity contribution is 0.103. The highest BCUT2D eigenvalue weighted by atomic mass is 16.5. The predicted molar refractivity (Wildman–Crippen MR) is 89.6 cm³/mol. The molecule has 114 valence electrons. The normalized spacial score (nSPS) is 10.3. The first-order valence-corrected chi connectivity index (χ1v) is 7.47. The first-order valence-electron chi connectivity index (χ1n) is 7.47. The Morgan fingerprint density at radius 3 is 2.30 bits per heavy atom. The molecule has 0 aliphatic carbocycles. The Labute approximate surface area is 135 Å². The van der Waals surface area contributed by atoms with Gasteiger partial charge in [-0.25, -0.2) is 4.98 Å². The summed E-state index contributed by atoms with van der Waals surface area (Å²) in [5.74, 6) is 0.501. The first kappa shape index (κ1) is 15.0. The van der Waals surface area contributed by atoms with E-state index in [4.69, 9.17) is 4.74 Å². The number of hydrogen-bond donors (Lipinski definition) is 0. The Balaban J connectivity index is 1.74. The molecule has 23 heavy (non-hydrogen) atoms. The summed E-state index contributed by atoms with van der Waals surface area (Å²) in [4.78, 5) is 16.7. The molecule has 3 rings (SSSR count). The van der Waals surface area contributed by atoms with Crippen LogP contribution in [-0.4, -0.2) is 10.8 Å². The molecule has 2 aromatic carbocycles. The molecule has 0 saturated carbocycles. The number of ether oxygens (including phenoxy) is 1. The highest BCUT2D eigenvalue weighted by Gasteiger charge is 2.13. The van der Waals surface area contributed by atoms with E-state index in [1.165, 1.54) is 0 Å². The number of ketones is 1. The van der Waals surface area contributed by atoms with E-state index in [1.807, 2.05) is 67.6 Å². The lowest BCUT2D eigenvalue weighted by Crippen LogP contribution is -2.05. The molecule has 3 aromatic rings. The fourth-order valence-electron chi connectivity index (χ4n) is 2.32. The maximum atomic E-state index is 12.5. The van der Waals surface area contributed by atoms with Crippen molar-refractivity contribution < 1.29 is 9.53 Å². The summed E-state index contributed by atoms with van der Waals surface area (Å²) in [5.41, 5.74) is 3.20. The van der Waals surface area contributed by atoms with Crippen LogP contribution in [-0.2, 0) is 6.61 Å². The molecule has 3 nitrogen and oxygen atoms in total. The zero-order valence-corrected chi connectivity index (χ0v) is 12.9. The minimum absolute atomic E-state index is 0.0230. The third kappa shape index (κ3) is 3.64. The number of aromatic nitrogens is 1. The fourth-order valence-corrected chi connectivity index (χ4v) is 2.32. The largest absolute Gasteiger partial charge is 0.473 e. The highest BCUT2D eigenvalue weighted by Crippen LogP contribution is 2.18. The van der Waals surface area contributed by atoms with Gasteiger partial charge in [-0.1, -0.05) is 60.7 Å². The van der Waals surface area contributed by atoms with E-state index in [9.17, 15) is 4.79 Å². The van der Waals surface area contributed by atoms with Gasteiger partial charge in [0, 0.05) is 23.4 Å². The second-order valence-electron chi connectivity index (χ2n) is 5.31. The molecule has 0 fully saturated rings. The van der Waals surface area contributed by atoms with Crippen LogP contribution in [0, 0.1) is 6.92 Å². The number of benzene rings is 2. The van der Waals surface area contributed by atoms with Gasteiger partial charge in [-0.2, -0.15) is 0 Å². The van der Waals surface area contributed by atoms with Crippen molar-refractivity contribution in [2.45, 2.75) is 13.5 Å². The Hall–Kier alpha value is -2.94. The van der Waals surface area contributed by atoms with Gasteiger partial charge in [0.05, 0.1) is 0 Å². The maximum absolute atomic E-state index is 12.5. The van der Waals surface area contributed by atoms with Crippen molar-refractivity contribution >= 4 is 5.78 Å². The fraction of sp³-hybridized carbons (Fsp3) is 0.100. The van der Waals surface area contributed by atoms with Gasteiger partial charge in [0.15, 0.2) is 5.78 Å². The summed E-state index contributed by atoms with van der Waals surface area (Å²) in [6.45, 7) is 2.35. The van der Waals surface area contributed by atoms with E-state index in [-0.39, 0.29) is 5.78 Å². The summed E-state index contributed by atoms with van der Waals surface area (Å²) in [6, 6.07) is 20.9. The molecular weight excluding hydrogens is 286 g/mol. The summed E-state index contributed by atoms with van der Waals surface area (Å²) in [7, 11) is 0. The Morgan fingerprint density at radius 2 is 1.65 bits per heavy atom. The van der Waals surface area contributed by atoms with Gasteiger partial charge in [0.1, 0.15) is 6.61 Å². The van der Waals surface area contributed by atoms with Crippen LogP contribution in [0.5, 0.6) is 5.88 Å². The van der Waals surface area contributed by atoms with E-state index in [2.05, 4.69) is 4.98 Å². The number of pyridine rings is 1. The van der Waals surface area contributed by atoms with Crippen molar-refractivity contribution in [2.75, 3.05) is 0 Å². The molecule has 0 amide bonds. The van der Waals surface area contributed by atoms with E-state index < -0.39 is 0 Å². The van der Waals surface area contributed by atoms with Crippen molar-refractivity contribution in [1.82, 2.24) is 4.98 Å². The molecule has 0 bridgehead atoms. The smallest absolute Gasteiger partial charge is 0.213 e. The van der Waals surface area contributed by atoms with Crippen LogP contribution in [0.3, 0.4) is 0 Å². The molecule has 0 saturated heterocycles. The van der Waals surface area contributed by atoms with E-state index >= 15 is 0 Å². The topological polar surface area (TPSA) is 39.2 Å². The Kier molecular flexibility index (Phi) is 4.48. The van der Waals surface area contributed by atoms with Crippen molar-refractivity contribution in [3.05, 3.63) is 95.2 Å². The number of rotatable bonds is 5. The lowest BCUT2D eigenvalue weighted by Gasteiger charge is -2.09. The van der Waals surface area contributed by atoms with Crippen LogP contribution < -0.4 is 4.74 Å². The summed E-state index contributed by atoms with van der Waals surface area (Å²) < 4.78 is 5.69. The van der Waals surface area contributed by atoms with Crippen molar-refractivity contribution in [3.8, 4) is 5.88 Å². The van der Waals surface area contributed by atoms with Crippen LogP contribution in [0.2, 0.25) is 0 Å². The molecule has 0 aliphatic heterocycles. The monoisotopic (exact) mass is 303 g/mol. The number of carbonyl (C=O) groups excluding carboxylic acids is 1. The van der Waals surface area contributed by atoms with Gasteiger partial charge < -0.3 is 4.74 Å². The SMILES string of the molecule is Cc1cc(OCc2ccccc2)ncc1C(=O)c1ccccc1. The number of carbonyl (C=O) groups is 1. The molecule has 0 unspecified atom stereocenters. The number of hydrogen-bond acceptors (Lipinski definition) is 3. The van der Waals surface area contributed by atoms with Gasteiger partial charge in [-0.3, -0.25) is 4.79 Å². The highest BCUT2D eigenvalue weighted by molar-refractivity contribution is 6.09. The predicted octanol–water partition coefficient (Wildman–Crippen LogP) is 4.20. The molecule has 0 radical (unpaired) electrons. The number of nitrogens with zero attached hydrogens (tertiary/aromatic N) is 1. The summed E-state index contributed by atoms with van der Waals surface area (Å²) >= 11 is 0. The van der Waals surface area contributed by atoms with Gasteiger partial charge in [0.25, 0.3) is 0 Å². The molecule has 0 spiro atoms. The quantitative estimate of drug-likeness (QED) is 0.663. The van der Waals surface area contributed by atoms with Gasteiger partial charge >= 0.3 is 0 Å². The van der Waals surface area contributed by atoms with Crippen molar-refractivity contribution in [1.29, 1.82) is 0 Å². The van der Waals surface area contributed by atoms with E-state index in [1.54, 1.807) is 12.3 Å². The van der Waals surface area contributed by atoms with Crippen LogP contribution in [0.1, 0.15) is 27.0 Å². The summed E-state index contributed by atoms with van der Waals surface area (Å²) in [6.07, 6.45) is 1.59. The third-order valence-corrected chi connectivity index (χ3v) is 3.60. The van der Waals surface area contributed by atoms with Crippen molar-refractivity contribution in [3.63, 3.8) is 0 Å². The minimum atomic E-state index is -0.0230. The molecule has 1 aromatic heterocycles. The Bertz CT molecular complexity index is 798. The zero-order valence-electron chi connectivity index (χ0n) is 12.9. The van der Waals surface area contributed by atoms with Crippen LogP contribution in [0.25, 0.3) is 0 Å². The lowest BCUT2D eigenvalue weighted by atomic mass is 10.0. The van der Waals surface area contributed by atoms with E-state index in [0.29, 0.717) is 23.6 Å². The second kappa shape index (κ2) is 6.88. The first-order chi connectivity index (χ1) is 11.2. The molecule has 0 aliphatic rings. The van der Waals surface area contributed by atoms with Crippen LogP contribution in [0.4, 0.5) is 0 Å². The van der Waals surface area contributed by atoms with Crippen LogP contribution >= 0.6 is 0 Å². The Morgan fingerprint density at radius 1 is 1.00 bits per heavy atom. The van der Waals surface area contributed by atoms with E-state index in [0.717, 1.165) is 11.1 Å². The maximum Gasteiger partial charge on any atom is 0.213 e. The zero-order chi connectivity index (χ0) is 16.1. The standard InChI is InChI=1S/C20H17NO2/c1-15-12-19(23-14-16-8-4-2-5-9-16)21-13-18(15)20(22)17-10-6-3-7-11-17/h2-13H,14H2,1H3. The molecule has 3 heteroatoms. The van der Waals surface area contributed by atoms with Gasteiger partial charge in [-0.15, -0.1) is 0 Å². The molecular formula is C20H17NO2. The molecule has 1 heterocycles. The van der Waals surface area contributed by atoms with Crippen molar-refractivity contribution in [2.24, 2.45) is 0 Å². The molecule has 0 N–H and O–H groups in total. The van der Waals surface area contributed by atoms with Gasteiger partial charge in [-0.05, 0) is 18.1 Å². The van der Waals surface area contributed by atoms with Crippen LogP contribution in [0.15, 0.2) is 72.9 Å². The third-order valence-electron chi connectivity index (χ3n) is 3.60. The number of aryl methyl sites for hydroxylation is 1. The molecule has 0 atom stereocenters. The van der Waals surface area contributed by atoms with Gasteiger partial charge in [0.2, 0.25) is 5.88 Å². The average molecular weight is 303 g/mol. The average Bonchev–Trinajstić information content (AvgIpc) is 2.61. The summed E-state index contributed by atoms with van der Waals surface area (Å²) in [5, 5.41) is 0. The minimum Gasteiger partial charge on any atom is -0.473 e.